The third-order valence-electron chi connectivity index (χ3n) is 5.45. The van der Waals surface area contributed by atoms with Crippen LogP contribution >= 0.6 is 0 Å². The maximum absolute atomic E-state index is 3.89. The number of anilines is 1. The van der Waals surface area contributed by atoms with Gasteiger partial charge in [0.25, 0.3) is 0 Å². The van der Waals surface area contributed by atoms with Crippen molar-refractivity contribution < 1.29 is 0 Å². The second-order valence-corrected chi connectivity index (χ2v) is 7.54. The van der Waals surface area contributed by atoms with Crippen LogP contribution in [0.3, 0.4) is 0 Å². The molecule has 1 N–H and O–H groups in total. The number of nitrogens with one attached hydrogen (secondary N) is 1. The highest BCUT2D eigenvalue weighted by Gasteiger charge is 2.40. The lowest BCUT2D eigenvalue weighted by molar-refractivity contribution is 0.415. The Hall–Kier alpha value is -1.02. The number of hydrogen-bond acceptors (Lipinski definition) is 2. The molecule has 0 spiro atoms. The molecule has 0 radical (unpaired) electrons. The molecule has 114 valence electrons. The van der Waals surface area contributed by atoms with Gasteiger partial charge >= 0.3 is 0 Å². The van der Waals surface area contributed by atoms with Gasteiger partial charge in [-0.15, -0.1) is 0 Å². The summed E-state index contributed by atoms with van der Waals surface area (Å²) in [6.45, 7) is 5.92. The molecule has 0 saturated heterocycles. The Morgan fingerprint density at radius 3 is 2.57 bits per heavy atom. The standard InChI is InChI=1S/C19H28N2/c1-14-12-17-4-2-3-5-18(17)21(13-14)11-10-20-19(15-6-7-15)16-8-9-16/h2-5,14-16,19-20H,6-13H2,1H3. The molecule has 2 fully saturated rings. The van der Waals surface area contributed by atoms with Gasteiger partial charge in [-0.05, 0) is 61.5 Å². The fourth-order valence-corrected chi connectivity index (χ4v) is 4.11. The van der Waals surface area contributed by atoms with Gasteiger partial charge in [-0.2, -0.15) is 0 Å². The van der Waals surface area contributed by atoms with E-state index in [2.05, 4.69) is 41.4 Å². The molecule has 2 nitrogen and oxygen atoms in total. The number of rotatable bonds is 6. The van der Waals surface area contributed by atoms with Crippen LogP contribution in [0.5, 0.6) is 0 Å². The number of para-hydroxylation sites is 1. The summed E-state index contributed by atoms with van der Waals surface area (Å²) in [6, 6.07) is 9.82. The zero-order valence-corrected chi connectivity index (χ0v) is 13.2. The van der Waals surface area contributed by atoms with Crippen molar-refractivity contribution in [3.8, 4) is 0 Å². The van der Waals surface area contributed by atoms with Crippen LogP contribution in [0.4, 0.5) is 5.69 Å². The van der Waals surface area contributed by atoms with E-state index >= 15 is 0 Å². The first-order valence-electron chi connectivity index (χ1n) is 8.87. The van der Waals surface area contributed by atoms with Crippen molar-refractivity contribution in [2.45, 2.75) is 45.1 Å². The largest absolute Gasteiger partial charge is 0.370 e. The van der Waals surface area contributed by atoms with E-state index < -0.39 is 0 Å². The number of hydrogen-bond donors (Lipinski definition) is 1. The Kier molecular flexibility index (Phi) is 3.66. The summed E-state index contributed by atoms with van der Waals surface area (Å²) in [4.78, 5) is 2.60. The van der Waals surface area contributed by atoms with Gasteiger partial charge in [0.1, 0.15) is 0 Å². The van der Waals surface area contributed by atoms with Crippen LogP contribution < -0.4 is 10.2 Å². The Bertz CT molecular complexity index is 478. The van der Waals surface area contributed by atoms with E-state index in [0.29, 0.717) is 0 Å². The highest BCUT2D eigenvalue weighted by Crippen LogP contribution is 2.44. The molecule has 2 heteroatoms. The molecule has 2 aliphatic carbocycles. The monoisotopic (exact) mass is 284 g/mol. The average molecular weight is 284 g/mol. The van der Waals surface area contributed by atoms with Crippen molar-refractivity contribution in [3.63, 3.8) is 0 Å². The predicted molar refractivity (Wildman–Crippen MR) is 88.8 cm³/mol. The van der Waals surface area contributed by atoms with E-state index in [9.17, 15) is 0 Å². The SMILES string of the molecule is CC1Cc2ccccc2N(CCNC(C2CC2)C2CC2)C1. The first kappa shape index (κ1) is 13.6. The van der Waals surface area contributed by atoms with Gasteiger partial charge in [0.15, 0.2) is 0 Å². The summed E-state index contributed by atoms with van der Waals surface area (Å²) >= 11 is 0. The number of benzene rings is 1. The Labute approximate surface area is 128 Å². The first-order valence-corrected chi connectivity index (χ1v) is 8.87. The molecular weight excluding hydrogens is 256 g/mol. The molecule has 1 aromatic carbocycles. The predicted octanol–water partition coefficient (Wildman–Crippen LogP) is 3.46. The molecule has 1 heterocycles. The van der Waals surface area contributed by atoms with Crippen molar-refractivity contribution in [3.05, 3.63) is 29.8 Å². The van der Waals surface area contributed by atoms with Crippen molar-refractivity contribution in [1.82, 2.24) is 5.32 Å². The molecule has 0 bridgehead atoms. The minimum absolute atomic E-state index is 0.780. The number of fused-ring (bicyclic) bond motifs is 1. The maximum Gasteiger partial charge on any atom is 0.0399 e. The van der Waals surface area contributed by atoms with Crippen LogP contribution in [-0.2, 0) is 6.42 Å². The van der Waals surface area contributed by atoms with Gasteiger partial charge in [-0.1, -0.05) is 25.1 Å². The molecule has 21 heavy (non-hydrogen) atoms. The van der Waals surface area contributed by atoms with Gasteiger partial charge in [0.2, 0.25) is 0 Å². The van der Waals surface area contributed by atoms with Crippen LogP contribution in [0.1, 0.15) is 38.2 Å². The third-order valence-corrected chi connectivity index (χ3v) is 5.45. The average Bonchev–Trinajstić information content (AvgIpc) is 3.37. The molecule has 1 unspecified atom stereocenters. The topological polar surface area (TPSA) is 15.3 Å². The van der Waals surface area contributed by atoms with Gasteiger partial charge < -0.3 is 10.2 Å². The molecule has 3 aliphatic rings. The van der Waals surface area contributed by atoms with E-state index in [1.807, 2.05) is 0 Å². The first-order chi connectivity index (χ1) is 10.3. The molecular formula is C19H28N2. The summed E-state index contributed by atoms with van der Waals surface area (Å²) in [7, 11) is 0. The van der Waals surface area contributed by atoms with E-state index in [-0.39, 0.29) is 0 Å². The highest BCUT2D eigenvalue weighted by molar-refractivity contribution is 5.55. The smallest absolute Gasteiger partial charge is 0.0399 e. The van der Waals surface area contributed by atoms with Crippen LogP contribution in [0.15, 0.2) is 24.3 Å². The van der Waals surface area contributed by atoms with E-state index in [0.717, 1.165) is 36.9 Å². The number of nitrogens with zero attached hydrogens (tertiary/aromatic N) is 1. The second kappa shape index (κ2) is 5.64. The lowest BCUT2D eigenvalue weighted by atomic mass is 9.94. The van der Waals surface area contributed by atoms with Crippen molar-refractivity contribution >= 4 is 5.69 Å². The Morgan fingerprint density at radius 1 is 1.14 bits per heavy atom. The van der Waals surface area contributed by atoms with Gasteiger partial charge in [-0.25, -0.2) is 0 Å². The van der Waals surface area contributed by atoms with Crippen LogP contribution in [0.25, 0.3) is 0 Å². The van der Waals surface area contributed by atoms with Gasteiger partial charge in [-0.3, -0.25) is 0 Å². The maximum atomic E-state index is 3.89. The highest BCUT2D eigenvalue weighted by atomic mass is 15.2. The zero-order valence-electron chi connectivity index (χ0n) is 13.2. The minimum Gasteiger partial charge on any atom is -0.370 e. The van der Waals surface area contributed by atoms with Crippen molar-refractivity contribution in [1.29, 1.82) is 0 Å². The summed E-state index contributed by atoms with van der Waals surface area (Å²) < 4.78 is 0. The van der Waals surface area contributed by atoms with Crippen LogP contribution in [0, 0.1) is 17.8 Å². The van der Waals surface area contributed by atoms with Crippen LogP contribution in [-0.4, -0.2) is 25.7 Å². The lowest BCUT2D eigenvalue weighted by Gasteiger charge is -2.35. The zero-order chi connectivity index (χ0) is 14.2. The molecule has 1 atom stereocenters. The van der Waals surface area contributed by atoms with Crippen LogP contribution in [0.2, 0.25) is 0 Å². The molecule has 2 saturated carbocycles. The van der Waals surface area contributed by atoms with E-state index in [1.54, 1.807) is 0 Å². The molecule has 1 aliphatic heterocycles. The molecule has 0 aromatic heterocycles. The van der Waals surface area contributed by atoms with E-state index in [4.69, 9.17) is 0 Å². The fraction of sp³-hybridized carbons (Fsp3) is 0.684. The molecule has 0 amide bonds. The van der Waals surface area contributed by atoms with Crippen molar-refractivity contribution in [2.75, 3.05) is 24.5 Å². The Balaban J connectivity index is 1.36. The summed E-state index contributed by atoms with van der Waals surface area (Å²) in [5.74, 6) is 2.79. The van der Waals surface area contributed by atoms with Gasteiger partial charge in [0.05, 0.1) is 0 Å². The fourth-order valence-electron chi connectivity index (χ4n) is 4.11. The van der Waals surface area contributed by atoms with Gasteiger partial charge in [0, 0.05) is 31.4 Å². The lowest BCUT2D eigenvalue weighted by Crippen LogP contribution is -2.42. The quantitative estimate of drug-likeness (QED) is 0.860. The summed E-state index contributed by atoms with van der Waals surface area (Å²) in [5, 5.41) is 3.89. The molecule has 4 rings (SSSR count). The van der Waals surface area contributed by atoms with Crippen molar-refractivity contribution in [2.24, 2.45) is 17.8 Å². The minimum atomic E-state index is 0.780. The second-order valence-electron chi connectivity index (χ2n) is 7.54. The summed E-state index contributed by atoms with van der Waals surface area (Å²) in [5.41, 5.74) is 3.02. The summed E-state index contributed by atoms with van der Waals surface area (Å²) in [6.07, 6.45) is 7.12. The molecule has 1 aromatic rings. The normalized spacial score (nSPS) is 25.2. The Morgan fingerprint density at radius 2 is 1.86 bits per heavy atom. The third kappa shape index (κ3) is 3.11. The van der Waals surface area contributed by atoms with E-state index in [1.165, 1.54) is 49.9 Å².